The zero-order valence-corrected chi connectivity index (χ0v) is 16.0. The van der Waals surface area contributed by atoms with Crippen LogP contribution in [0.5, 0.6) is 0 Å². The number of hydrogen-bond acceptors (Lipinski definition) is 1. The van der Waals surface area contributed by atoms with Gasteiger partial charge in [-0.25, -0.2) is 0 Å². The molecule has 0 saturated carbocycles. The second-order valence-corrected chi connectivity index (χ2v) is 19.6. The van der Waals surface area contributed by atoms with E-state index in [4.69, 9.17) is 4.74 Å². The quantitative estimate of drug-likeness (QED) is 0.306. The zero-order chi connectivity index (χ0) is 13.9. The van der Waals surface area contributed by atoms with Gasteiger partial charge < -0.3 is 0 Å². The van der Waals surface area contributed by atoms with Gasteiger partial charge in [0, 0.05) is 0 Å². The Kier molecular flexibility index (Phi) is 11.4. The third kappa shape index (κ3) is 7.70. The monoisotopic (exact) mass is 362 g/mol. The second kappa shape index (κ2) is 11.2. The first kappa shape index (κ1) is 18.3. The van der Waals surface area contributed by atoms with Gasteiger partial charge in [0.2, 0.25) is 0 Å². The molecule has 0 bridgehead atoms. The van der Waals surface area contributed by atoms with Gasteiger partial charge in [0.25, 0.3) is 0 Å². The van der Waals surface area contributed by atoms with E-state index in [-0.39, 0.29) is 0 Å². The number of unbranched alkanes of at least 4 members (excludes halogenated alkanes) is 3. The van der Waals surface area contributed by atoms with Crippen LogP contribution in [0.2, 0.25) is 17.7 Å². The average Bonchev–Trinajstić information content (AvgIpc) is 2.40. The number of rotatable bonds is 12. The maximum atomic E-state index is 5.40. The molecule has 0 aromatic heterocycles. The summed E-state index contributed by atoms with van der Waals surface area (Å²) >= 11 is -2.00. The number of allylic oxidation sites excluding steroid dienone is 1. The van der Waals surface area contributed by atoms with Crippen LogP contribution in [0.1, 0.15) is 59.3 Å². The molecule has 18 heavy (non-hydrogen) atoms. The molecule has 0 N–H and O–H groups in total. The molecule has 0 radical (unpaired) electrons. The first-order valence-electron chi connectivity index (χ1n) is 7.86. The van der Waals surface area contributed by atoms with E-state index < -0.39 is 18.4 Å². The Labute approximate surface area is 119 Å². The first-order chi connectivity index (χ1) is 8.64. The molecular weight excluding hydrogens is 327 g/mol. The van der Waals surface area contributed by atoms with Crippen molar-refractivity contribution in [3.63, 3.8) is 0 Å². The molecule has 0 unspecified atom stereocenters. The molecule has 0 spiro atoms. The second-order valence-electron chi connectivity index (χ2n) is 5.73. The summed E-state index contributed by atoms with van der Waals surface area (Å²) in [5.74, 6) is 1.06. The summed E-state index contributed by atoms with van der Waals surface area (Å²) in [6.07, 6.45) is 8.32. The van der Waals surface area contributed by atoms with Crippen molar-refractivity contribution in [3.05, 3.63) is 12.3 Å². The van der Waals surface area contributed by atoms with Gasteiger partial charge in [0.05, 0.1) is 0 Å². The van der Waals surface area contributed by atoms with E-state index in [1.165, 1.54) is 43.0 Å². The minimum atomic E-state index is -2.00. The fourth-order valence-corrected chi connectivity index (χ4v) is 18.7. The van der Waals surface area contributed by atoms with Gasteiger partial charge in [-0.3, -0.25) is 0 Å². The van der Waals surface area contributed by atoms with E-state index in [0.29, 0.717) is 0 Å². The Morgan fingerprint density at radius 2 is 1.28 bits per heavy atom. The van der Waals surface area contributed by atoms with E-state index in [1.807, 2.05) is 0 Å². The van der Waals surface area contributed by atoms with E-state index in [2.05, 4.69) is 27.4 Å². The van der Waals surface area contributed by atoms with Crippen molar-refractivity contribution in [2.75, 3.05) is 7.11 Å². The van der Waals surface area contributed by atoms with Crippen molar-refractivity contribution >= 4 is 18.4 Å². The standard InChI is InChI=1S/C4H7O.3C4H9.Sn/c1-4(2)5-3;3*1-3-4-2;/h1-2H2,3H3;3*1,3-4H2,2H3;. The molecule has 0 atom stereocenters. The molecule has 1 nitrogen and oxygen atoms in total. The summed E-state index contributed by atoms with van der Waals surface area (Å²) in [7, 11) is 1.79. The molecule has 0 rings (SSSR count). The normalized spacial score (nSPS) is 11.6. The van der Waals surface area contributed by atoms with Gasteiger partial charge in [0.15, 0.2) is 0 Å². The molecule has 0 amide bonds. The van der Waals surface area contributed by atoms with Crippen LogP contribution < -0.4 is 0 Å². The van der Waals surface area contributed by atoms with Crippen LogP contribution in [0, 0.1) is 0 Å². The SMILES string of the molecule is C=C([CH2][Sn]([CH2]CCC)([CH2]CCC)[CH2]CCC)OC. The van der Waals surface area contributed by atoms with E-state index >= 15 is 0 Å². The maximum absolute atomic E-state index is 5.40. The molecule has 0 saturated heterocycles. The topological polar surface area (TPSA) is 9.23 Å². The van der Waals surface area contributed by atoms with Gasteiger partial charge in [-0.1, -0.05) is 0 Å². The fourth-order valence-electron chi connectivity index (χ4n) is 2.79. The van der Waals surface area contributed by atoms with Crippen molar-refractivity contribution in [2.45, 2.75) is 77.0 Å². The summed E-state index contributed by atoms with van der Waals surface area (Å²) in [5.41, 5.74) is 0. The van der Waals surface area contributed by atoms with Crippen LogP contribution in [0.15, 0.2) is 12.3 Å². The van der Waals surface area contributed by atoms with Crippen LogP contribution in [-0.2, 0) is 4.74 Å². The summed E-state index contributed by atoms with van der Waals surface area (Å²) in [6.45, 7) is 11.1. The van der Waals surface area contributed by atoms with Crippen molar-refractivity contribution in [3.8, 4) is 0 Å². The predicted octanol–water partition coefficient (Wildman–Crippen LogP) is 6.00. The van der Waals surface area contributed by atoms with Crippen molar-refractivity contribution in [1.82, 2.24) is 0 Å². The van der Waals surface area contributed by atoms with Crippen molar-refractivity contribution in [1.29, 1.82) is 0 Å². The summed E-state index contributed by atoms with van der Waals surface area (Å²) < 4.78 is 11.3. The van der Waals surface area contributed by atoms with E-state index in [1.54, 1.807) is 20.4 Å². The van der Waals surface area contributed by atoms with Crippen LogP contribution >= 0.6 is 0 Å². The Hall–Kier alpha value is 0.339. The summed E-state index contributed by atoms with van der Waals surface area (Å²) in [5, 5.41) is 0. The van der Waals surface area contributed by atoms with Crippen LogP contribution in [0.4, 0.5) is 0 Å². The third-order valence-electron chi connectivity index (χ3n) is 4.04. The Bertz CT molecular complexity index is 191. The predicted molar refractivity (Wildman–Crippen MR) is 85.9 cm³/mol. The third-order valence-corrected chi connectivity index (χ3v) is 19.4. The summed E-state index contributed by atoms with van der Waals surface area (Å²) in [4.78, 5) is 0. The minimum absolute atomic E-state index is 1.06. The van der Waals surface area contributed by atoms with Crippen molar-refractivity contribution in [2.24, 2.45) is 0 Å². The molecule has 0 aliphatic carbocycles. The van der Waals surface area contributed by atoms with Gasteiger partial charge in [-0.05, 0) is 0 Å². The van der Waals surface area contributed by atoms with Gasteiger partial charge >= 0.3 is 120 Å². The molecular formula is C16H34OSn. The number of hydrogen-bond donors (Lipinski definition) is 0. The molecule has 0 fully saturated rings. The molecule has 0 aliphatic rings. The Morgan fingerprint density at radius 3 is 1.56 bits per heavy atom. The molecule has 0 heterocycles. The molecule has 0 aromatic rings. The van der Waals surface area contributed by atoms with E-state index in [0.717, 1.165) is 5.76 Å². The summed E-state index contributed by atoms with van der Waals surface area (Å²) in [6, 6.07) is 0. The zero-order valence-electron chi connectivity index (χ0n) is 13.2. The van der Waals surface area contributed by atoms with Crippen LogP contribution in [-0.4, -0.2) is 25.5 Å². The first-order valence-corrected chi connectivity index (χ1v) is 15.9. The molecule has 0 aromatic carbocycles. The van der Waals surface area contributed by atoms with Crippen LogP contribution in [0.3, 0.4) is 0 Å². The molecule has 2 heteroatoms. The molecule has 0 aliphatic heterocycles. The average molecular weight is 361 g/mol. The molecule has 108 valence electrons. The Balaban J connectivity index is 4.66. The van der Waals surface area contributed by atoms with Gasteiger partial charge in [-0.2, -0.15) is 0 Å². The number of ether oxygens (including phenoxy) is 1. The number of methoxy groups -OCH3 is 1. The van der Waals surface area contributed by atoms with E-state index in [9.17, 15) is 0 Å². The fraction of sp³-hybridized carbons (Fsp3) is 0.875. The Morgan fingerprint density at radius 1 is 0.889 bits per heavy atom. The van der Waals surface area contributed by atoms with Gasteiger partial charge in [-0.15, -0.1) is 0 Å². The van der Waals surface area contributed by atoms with Gasteiger partial charge in [0.1, 0.15) is 0 Å². The van der Waals surface area contributed by atoms with Crippen LogP contribution in [0.25, 0.3) is 0 Å². The van der Waals surface area contributed by atoms with Crippen molar-refractivity contribution < 1.29 is 4.74 Å².